The molecule has 0 radical (unpaired) electrons. The van der Waals surface area contributed by atoms with Crippen LogP contribution in [0, 0.1) is 5.82 Å². The van der Waals surface area contributed by atoms with Gasteiger partial charge in [-0.05, 0) is 49.7 Å². The Morgan fingerprint density at radius 2 is 1.91 bits per heavy atom. The zero-order chi connectivity index (χ0) is 22.4. The summed E-state index contributed by atoms with van der Waals surface area (Å²) in [6, 6.07) is 9.78. The minimum Gasteiger partial charge on any atom is -0.486 e. The molecule has 33 heavy (non-hydrogen) atoms. The molecular weight excluding hydrogens is 423 g/mol. The van der Waals surface area contributed by atoms with Gasteiger partial charge in [0.25, 0.3) is 5.56 Å². The van der Waals surface area contributed by atoms with Crippen LogP contribution in [0.25, 0.3) is 11.0 Å². The van der Waals surface area contributed by atoms with Crippen LogP contribution in [0.3, 0.4) is 0 Å². The second kappa shape index (κ2) is 8.43. The largest absolute Gasteiger partial charge is 0.486 e. The lowest BCUT2D eigenvalue weighted by Gasteiger charge is -2.34. The summed E-state index contributed by atoms with van der Waals surface area (Å²) < 4.78 is 27.7. The van der Waals surface area contributed by atoms with Gasteiger partial charge in [0.1, 0.15) is 19.0 Å². The van der Waals surface area contributed by atoms with Gasteiger partial charge in [-0.25, -0.2) is 4.39 Å². The molecule has 0 saturated carbocycles. The van der Waals surface area contributed by atoms with Crippen LogP contribution in [-0.4, -0.2) is 53.3 Å². The summed E-state index contributed by atoms with van der Waals surface area (Å²) in [5.41, 5.74) is 3.12. The average Bonchev–Trinajstić information content (AvgIpc) is 3.23. The molecule has 1 unspecified atom stereocenters. The van der Waals surface area contributed by atoms with E-state index in [4.69, 9.17) is 9.47 Å². The summed E-state index contributed by atoms with van der Waals surface area (Å²) >= 11 is 0. The number of piperidine rings is 1. The lowest BCUT2D eigenvalue weighted by molar-refractivity contribution is 0.171. The van der Waals surface area contributed by atoms with Crippen molar-refractivity contribution in [1.82, 2.24) is 19.8 Å². The number of benzene rings is 1. The van der Waals surface area contributed by atoms with Crippen LogP contribution in [-0.2, 0) is 13.1 Å². The minimum atomic E-state index is -0.305. The molecule has 2 aromatic heterocycles. The molecule has 1 N–H and O–H groups in total. The Morgan fingerprint density at radius 3 is 2.76 bits per heavy atom. The van der Waals surface area contributed by atoms with Crippen LogP contribution < -0.4 is 20.3 Å². The van der Waals surface area contributed by atoms with Crippen molar-refractivity contribution in [1.29, 1.82) is 0 Å². The van der Waals surface area contributed by atoms with Gasteiger partial charge in [0.15, 0.2) is 11.5 Å². The Hall–Kier alpha value is -2.97. The van der Waals surface area contributed by atoms with E-state index in [-0.39, 0.29) is 17.3 Å². The van der Waals surface area contributed by atoms with E-state index in [1.54, 1.807) is 10.6 Å². The van der Waals surface area contributed by atoms with E-state index in [9.17, 15) is 9.18 Å². The standard InChI is InChI=1S/C25H27FN4O3/c26-19-13-28-20-2-4-23(31)30-15-17(24(19)25(20)30)14-29-7-5-18(6-8-29)27-12-16-1-3-21-22(11-16)33-10-9-32-21/h1-4,11,13,17-18,27H,5-10,12,14-15H2. The van der Waals surface area contributed by atoms with Gasteiger partial charge in [0.2, 0.25) is 0 Å². The number of ether oxygens (including phenoxy) is 2. The van der Waals surface area contributed by atoms with Gasteiger partial charge in [-0.3, -0.25) is 9.78 Å². The van der Waals surface area contributed by atoms with E-state index in [1.165, 1.54) is 17.8 Å². The average molecular weight is 451 g/mol. The quantitative estimate of drug-likeness (QED) is 0.645. The number of hydrogen-bond acceptors (Lipinski definition) is 6. The van der Waals surface area contributed by atoms with Crippen molar-refractivity contribution in [2.75, 3.05) is 32.8 Å². The number of likely N-dealkylation sites (tertiary alicyclic amines) is 1. The van der Waals surface area contributed by atoms with Crippen molar-refractivity contribution < 1.29 is 13.9 Å². The molecule has 0 aliphatic carbocycles. The van der Waals surface area contributed by atoms with Gasteiger partial charge in [-0.2, -0.15) is 0 Å². The molecule has 3 aliphatic rings. The summed E-state index contributed by atoms with van der Waals surface area (Å²) in [5.74, 6) is 1.31. The lowest BCUT2D eigenvalue weighted by atomic mass is 9.98. The van der Waals surface area contributed by atoms with E-state index in [0.29, 0.717) is 42.4 Å². The predicted octanol–water partition coefficient (Wildman–Crippen LogP) is 2.66. The van der Waals surface area contributed by atoms with Crippen LogP contribution >= 0.6 is 0 Å². The molecule has 1 atom stereocenters. The second-order valence-electron chi connectivity index (χ2n) is 9.17. The van der Waals surface area contributed by atoms with Crippen LogP contribution in [0.4, 0.5) is 4.39 Å². The molecule has 0 bridgehead atoms. The molecule has 172 valence electrons. The smallest absolute Gasteiger partial charge is 0.251 e. The zero-order valence-electron chi connectivity index (χ0n) is 18.4. The molecule has 3 aliphatic heterocycles. The van der Waals surface area contributed by atoms with Crippen LogP contribution in [0.15, 0.2) is 41.3 Å². The Labute approximate surface area is 191 Å². The Balaban J connectivity index is 1.06. The monoisotopic (exact) mass is 450 g/mol. The number of nitrogens with one attached hydrogen (secondary N) is 1. The Morgan fingerprint density at radius 1 is 1.09 bits per heavy atom. The first kappa shape index (κ1) is 20.6. The fraction of sp³-hybridized carbons (Fsp3) is 0.440. The number of halogens is 1. The molecular formula is C25H27FN4O3. The zero-order valence-corrected chi connectivity index (χ0v) is 18.4. The van der Waals surface area contributed by atoms with Crippen molar-refractivity contribution in [3.05, 3.63) is 63.8 Å². The molecule has 5 heterocycles. The summed E-state index contributed by atoms with van der Waals surface area (Å²) in [5, 5.41) is 3.67. The molecule has 8 heteroatoms. The molecule has 0 spiro atoms. The van der Waals surface area contributed by atoms with Gasteiger partial charge in [0, 0.05) is 43.2 Å². The molecule has 7 nitrogen and oxygen atoms in total. The van der Waals surface area contributed by atoms with Crippen molar-refractivity contribution in [2.45, 2.75) is 37.9 Å². The highest BCUT2D eigenvalue weighted by Crippen LogP contribution is 2.35. The van der Waals surface area contributed by atoms with Crippen LogP contribution in [0.5, 0.6) is 11.5 Å². The number of aromatic nitrogens is 2. The summed E-state index contributed by atoms with van der Waals surface area (Å²) in [7, 11) is 0. The maximum atomic E-state index is 14.7. The van der Waals surface area contributed by atoms with E-state index in [0.717, 1.165) is 50.5 Å². The topological polar surface area (TPSA) is 68.6 Å². The van der Waals surface area contributed by atoms with Gasteiger partial charge in [-0.1, -0.05) is 6.07 Å². The molecule has 1 aromatic carbocycles. The molecule has 6 rings (SSSR count). The van der Waals surface area contributed by atoms with Crippen molar-refractivity contribution in [3.63, 3.8) is 0 Å². The van der Waals surface area contributed by atoms with E-state index in [2.05, 4.69) is 27.3 Å². The van der Waals surface area contributed by atoms with Crippen molar-refractivity contribution in [2.24, 2.45) is 0 Å². The van der Waals surface area contributed by atoms with Gasteiger partial charge in [0.05, 0.1) is 17.2 Å². The SMILES string of the molecule is O=c1ccc2ncc(F)c3c2n1CC3CN1CCC(NCc2ccc3c(c2)OCCO3)CC1. The third-order valence-corrected chi connectivity index (χ3v) is 7.07. The lowest BCUT2D eigenvalue weighted by Crippen LogP contribution is -2.43. The third kappa shape index (κ3) is 3.87. The number of fused-ring (bicyclic) bond motifs is 1. The Bertz CT molecular complexity index is 1250. The van der Waals surface area contributed by atoms with Crippen molar-refractivity contribution >= 4 is 11.0 Å². The van der Waals surface area contributed by atoms with Crippen molar-refractivity contribution in [3.8, 4) is 11.5 Å². The van der Waals surface area contributed by atoms with Gasteiger partial charge in [-0.15, -0.1) is 0 Å². The van der Waals surface area contributed by atoms with E-state index >= 15 is 0 Å². The summed E-state index contributed by atoms with van der Waals surface area (Å²) in [6.45, 7) is 5.18. The maximum absolute atomic E-state index is 14.7. The normalized spacial score (nSPS) is 20.5. The molecule has 1 saturated heterocycles. The fourth-order valence-corrected chi connectivity index (χ4v) is 5.39. The number of rotatable bonds is 5. The van der Waals surface area contributed by atoms with E-state index < -0.39 is 0 Å². The van der Waals surface area contributed by atoms with Gasteiger partial charge < -0.3 is 24.3 Å². The highest BCUT2D eigenvalue weighted by Gasteiger charge is 2.31. The number of pyridine rings is 2. The van der Waals surface area contributed by atoms with E-state index in [1.807, 2.05) is 6.07 Å². The minimum absolute atomic E-state index is 0.0205. The molecule has 0 amide bonds. The van der Waals surface area contributed by atoms with Crippen LogP contribution in [0.2, 0.25) is 0 Å². The van der Waals surface area contributed by atoms with Crippen LogP contribution in [0.1, 0.15) is 29.9 Å². The summed E-state index contributed by atoms with van der Waals surface area (Å²) in [4.78, 5) is 18.9. The highest BCUT2D eigenvalue weighted by molar-refractivity contribution is 5.80. The molecule has 1 fully saturated rings. The Kier molecular flexibility index (Phi) is 5.27. The first-order valence-electron chi connectivity index (χ1n) is 11.7. The first-order chi connectivity index (χ1) is 16.2. The number of hydrogen-bond donors (Lipinski definition) is 1. The number of nitrogens with zero attached hydrogens (tertiary/aromatic N) is 3. The van der Waals surface area contributed by atoms with Gasteiger partial charge >= 0.3 is 0 Å². The summed E-state index contributed by atoms with van der Waals surface area (Å²) in [6.07, 6.45) is 3.37. The highest BCUT2D eigenvalue weighted by atomic mass is 19.1. The second-order valence-corrected chi connectivity index (χ2v) is 9.17. The maximum Gasteiger partial charge on any atom is 0.251 e. The third-order valence-electron chi connectivity index (χ3n) is 7.07. The predicted molar refractivity (Wildman–Crippen MR) is 122 cm³/mol. The molecule has 3 aromatic rings. The fourth-order valence-electron chi connectivity index (χ4n) is 5.39. The first-order valence-corrected chi connectivity index (χ1v) is 11.7.